The van der Waals surface area contributed by atoms with Crippen LogP contribution >= 0.6 is 0 Å². The first-order chi connectivity index (χ1) is 13.1. The maximum absolute atomic E-state index is 12.7. The predicted molar refractivity (Wildman–Crippen MR) is 105 cm³/mol. The molecule has 3 aromatic rings. The summed E-state index contributed by atoms with van der Waals surface area (Å²) < 4.78 is 1.84. The molecule has 1 aliphatic carbocycles. The van der Waals surface area contributed by atoms with Crippen molar-refractivity contribution >= 4 is 22.5 Å². The Labute approximate surface area is 159 Å². The van der Waals surface area contributed by atoms with Gasteiger partial charge in [-0.15, -0.1) is 5.10 Å². The van der Waals surface area contributed by atoms with Gasteiger partial charge in [-0.1, -0.05) is 38.3 Å². The van der Waals surface area contributed by atoms with Crippen LogP contribution in [0.2, 0.25) is 0 Å². The lowest BCUT2D eigenvalue weighted by atomic mass is 9.93. The smallest absolute Gasteiger partial charge is 0.222 e. The maximum Gasteiger partial charge on any atom is 0.222 e. The lowest BCUT2D eigenvalue weighted by molar-refractivity contribution is -0.134. The van der Waals surface area contributed by atoms with Crippen LogP contribution in [0.4, 0.5) is 0 Å². The molecular formula is C21H27N5O. The number of hydrogen-bond donors (Lipinski definition) is 0. The first-order valence-corrected chi connectivity index (χ1v) is 9.99. The minimum atomic E-state index is 0.215. The number of hydrogen-bond acceptors (Lipinski definition) is 4. The van der Waals surface area contributed by atoms with E-state index in [0.717, 1.165) is 35.0 Å². The highest BCUT2D eigenvalue weighted by atomic mass is 16.2. The summed E-state index contributed by atoms with van der Waals surface area (Å²) in [6, 6.07) is 6.74. The highest BCUT2D eigenvalue weighted by molar-refractivity contribution is 5.87. The quantitative estimate of drug-likeness (QED) is 0.702. The van der Waals surface area contributed by atoms with Crippen LogP contribution in [0.1, 0.15) is 62.1 Å². The van der Waals surface area contributed by atoms with Gasteiger partial charge in [-0.2, -0.15) is 4.52 Å². The van der Waals surface area contributed by atoms with Crippen molar-refractivity contribution in [3.63, 3.8) is 0 Å². The normalized spacial score (nSPS) is 15.5. The van der Waals surface area contributed by atoms with E-state index in [1.807, 2.05) is 11.4 Å². The Kier molecular flexibility index (Phi) is 4.81. The third kappa shape index (κ3) is 3.17. The zero-order chi connectivity index (χ0) is 19.0. The van der Waals surface area contributed by atoms with Crippen LogP contribution in [0.25, 0.3) is 16.6 Å². The summed E-state index contributed by atoms with van der Waals surface area (Å²) in [5, 5.41) is 13.6. The lowest BCUT2D eigenvalue weighted by Crippen LogP contribution is -2.40. The van der Waals surface area contributed by atoms with E-state index in [9.17, 15) is 4.79 Å². The maximum atomic E-state index is 12.7. The Morgan fingerprint density at radius 2 is 2.00 bits per heavy atom. The summed E-state index contributed by atoms with van der Waals surface area (Å²) in [6.07, 6.45) is 6.41. The van der Waals surface area contributed by atoms with E-state index < -0.39 is 0 Å². The van der Waals surface area contributed by atoms with E-state index in [4.69, 9.17) is 0 Å². The number of carbonyl (C=O) groups is 1. The minimum Gasteiger partial charge on any atom is -0.335 e. The molecule has 0 unspecified atom stereocenters. The standard InChI is InChI=1S/C21H27N5O/c1-4-19(27)25(18-8-6-5-7-9-18)13-17-12-16-11-10-14(2)15(3)20(16)26-21(17)22-23-24-26/h10-12,18H,4-9,13H2,1-3H3. The van der Waals surface area contributed by atoms with E-state index in [-0.39, 0.29) is 5.91 Å². The molecule has 0 atom stereocenters. The Bertz CT molecular complexity index is 987. The van der Waals surface area contributed by atoms with Gasteiger partial charge in [-0.05, 0) is 54.3 Å². The number of amides is 1. The van der Waals surface area contributed by atoms with E-state index >= 15 is 0 Å². The van der Waals surface area contributed by atoms with Crippen LogP contribution in [0.5, 0.6) is 0 Å². The first kappa shape index (κ1) is 17.9. The molecule has 0 radical (unpaired) electrons. The summed E-state index contributed by atoms with van der Waals surface area (Å²) in [6.45, 7) is 6.72. The monoisotopic (exact) mass is 365 g/mol. The van der Waals surface area contributed by atoms with E-state index in [0.29, 0.717) is 19.0 Å². The Morgan fingerprint density at radius 1 is 1.22 bits per heavy atom. The van der Waals surface area contributed by atoms with Gasteiger partial charge in [0, 0.05) is 30.0 Å². The molecule has 6 nitrogen and oxygen atoms in total. The zero-order valence-corrected chi connectivity index (χ0v) is 16.4. The number of nitrogens with zero attached hydrogens (tertiary/aromatic N) is 5. The molecule has 4 rings (SSSR count). The number of fused-ring (bicyclic) bond motifs is 3. The molecule has 1 aliphatic rings. The lowest BCUT2D eigenvalue weighted by Gasteiger charge is -2.34. The topological polar surface area (TPSA) is 63.4 Å². The molecule has 6 heteroatoms. The van der Waals surface area contributed by atoms with E-state index in [1.165, 1.54) is 30.4 Å². The molecule has 2 heterocycles. The molecule has 0 spiro atoms. The average Bonchev–Trinajstić information content (AvgIpc) is 3.18. The van der Waals surface area contributed by atoms with Gasteiger partial charge in [0.25, 0.3) is 0 Å². The van der Waals surface area contributed by atoms with Crippen molar-refractivity contribution in [1.29, 1.82) is 0 Å². The van der Waals surface area contributed by atoms with Gasteiger partial charge < -0.3 is 4.90 Å². The molecule has 0 saturated heterocycles. The fourth-order valence-electron chi connectivity index (χ4n) is 4.33. The van der Waals surface area contributed by atoms with E-state index in [1.54, 1.807) is 0 Å². The SMILES string of the molecule is CCC(=O)N(Cc1cc2ccc(C)c(C)c2n2nnnc12)C1CCCCC1. The van der Waals surface area contributed by atoms with Crippen molar-refractivity contribution in [2.24, 2.45) is 0 Å². The number of tetrazole rings is 1. The van der Waals surface area contributed by atoms with Crippen molar-refractivity contribution in [2.75, 3.05) is 0 Å². The molecule has 27 heavy (non-hydrogen) atoms. The first-order valence-electron chi connectivity index (χ1n) is 9.99. The third-order valence-corrected chi connectivity index (χ3v) is 6.01. The molecule has 1 amide bonds. The number of benzene rings is 1. The van der Waals surface area contributed by atoms with Gasteiger partial charge in [0.1, 0.15) is 0 Å². The van der Waals surface area contributed by atoms with Gasteiger partial charge in [-0.3, -0.25) is 4.79 Å². The van der Waals surface area contributed by atoms with Gasteiger partial charge in [0.05, 0.1) is 5.52 Å². The Balaban J connectivity index is 1.80. The molecule has 1 fully saturated rings. The second-order valence-corrected chi connectivity index (χ2v) is 7.70. The highest BCUT2D eigenvalue weighted by Gasteiger charge is 2.26. The van der Waals surface area contributed by atoms with Gasteiger partial charge in [-0.25, -0.2) is 0 Å². The predicted octanol–water partition coefficient (Wildman–Crippen LogP) is 3.97. The fourth-order valence-corrected chi connectivity index (χ4v) is 4.33. The summed E-state index contributed by atoms with van der Waals surface area (Å²) in [7, 11) is 0. The van der Waals surface area contributed by atoms with Crippen molar-refractivity contribution < 1.29 is 4.79 Å². The second-order valence-electron chi connectivity index (χ2n) is 7.70. The van der Waals surface area contributed by atoms with Crippen LogP contribution in [0.3, 0.4) is 0 Å². The number of aromatic nitrogens is 4. The zero-order valence-electron chi connectivity index (χ0n) is 16.4. The number of rotatable bonds is 4. The fraction of sp³-hybridized carbons (Fsp3) is 0.524. The molecule has 0 N–H and O–H groups in total. The molecule has 0 aliphatic heterocycles. The molecular weight excluding hydrogens is 338 g/mol. The van der Waals surface area contributed by atoms with Crippen LogP contribution in [-0.4, -0.2) is 36.9 Å². The Morgan fingerprint density at radius 3 is 2.74 bits per heavy atom. The molecule has 142 valence electrons. The van der Waals surface area contributed by atoms with Crippen molar-refractivity contribution in [3.05, 3.63) is 34.9 Å². The van der Waals surface area contributed by atoms with Crippen molar-refractivity contribution in [3.8, 4) is 0 Å². The molecule has 0 bridgehead atoms. The summed E-state index contributed by atoms with van der Waals surface area (Å²) in [5.41, 5.74) is 5.22. The third-order valence-electron chi connectivity index (χ3n) is 6.01. The number of aryl methyl sites for hydroxylation is 2. The Hall–Kier alpha value is -2.50. The summed E-state index contributed by atoms with van der Waals surface area (Å²) in [5.74, 6) is 0.215. The van der Waals surface area contributed by atoms with Crippen LogP contribution in [-0.2, 0) is 11.3 Å². The average molecular weight is 365 g/mol. The molecule has 1 saturated carbocycles. The van der Waals surface area contributed by atoms with E-state index in [2.05, 4.69) is 52.5 Å². The van der Waals surface area contributed by atoms with Crippen LogP contribution < -0.4 is 0 Å². The van der Waals surface area contributed by atoms with Crippen molar-refractivity contribution in [1.82, 2.24) is 24.9 Å². The van der Waals surface area contributed by atoms with Gasteiger partial charge in [0.15, 0.2) is 5.65 Å². The summed E-state index contributed by atoms with van der Waals surface area (Å²) in [4.78, 5) is 14.8. The largest absolute Gasteiger partial charge is 0.335 e. The van der Waals surface area contributed by atoms with Crippen molar-refractivity contribution in [2.45, 2.75) is 71.9 Å². The second kappa shape index (κ2) is 7.25. The molecule has 2 aromatic heterocycles. The number of carbonyl (C=O) groups excluding carboxylic acids is 1. The number of pyridine rings is 1. The summed E-state index contributed by atoms with van der Waals surface area (Å²) >= 11 is 0. The van der Waals surface area contributed by atoms with Crippen LogP contribution in [0.15, 0.2) is 18.2 Å². The van der Waals surface area contributed by atoms with Gasteiger partial charge in [0.2, 0.25) is 5.91 Å². The highest BCUT2D eigenvalue weighted by Crippen LogP contribution is 2.28. The minimum absolute atomic E-state index is 0.215. The molecule has 1 aromatic carbocycles. The van der Waals surface area contributed by atoms with Gasteiger partial charge >= 0.3 is 0 Å². The van der Waals surface area contributed by atoms with Crippen LogP contribution in [0, 0.1) is 13.8 Å².